The predicted octanol–water partition coefficient (Wildman–Crippen LogP) is 2.26. The van der Waals surface area contributed by atoms with Crippen LogP contribution in [0.2, 0.25) is 0 Å². The first-order chi connectivity index (χ1) is 9.69. The summed E-state index contributed by atoms with van der Waals surface area (Å²) in [4.78, 5) is 24.4. The minimum Gasteiger partial charge on any atom is -0.475 e. The van der Waals surface area contributed by atoms with E-state index in [1.54, 1.807) is 24.3 Å². The second-order valence-electron chi connectivity index (χ2n) is 5.49. The third kappa shape index (κ3) is 2.72. The summed E-state index contributed by atoms with van der Waals surface area (Å²) in [5, 5.41) is 8.75. The number of rotatable bonds is 6. The van der Waals surface area contributed by atoms with Gasteiger partial charge in [0, 0.05) is 11.8 Å². The van der Waals surface area contributed by atoms with Gasteiger partial charge in [0.25, 0.3) is 0 Å². The van der Waals surface area contributed by atoms with E-state index in [2.05, 4.69) is 0 Å². The average Bonchev–Trinajstić information content (AvgIpc) is 3.35. The van der Waals surface area contributed by atoms with Crippen LogP contribution in [0.3, 0.4) is 0 Å². The van der Waals surface area contributed by atoms with Gasteiger partial charge >= 0.3 is 0 Å². The molecule has 0 aromatic heterocycles. The van der Waals surface area contributed by atoms with E-state index < -0.39 is 6.10 Å². The highest BCUT2D eigenvalue weighted by Crippen LogP contribution is 2.36. The molecule has 0 unspecified atom stereocenters. The zero-order valence-corrected chi connectivity index (χ0v) is 11.0. The molecule has 0 aliphatic heterocycles. The van der Waals surface area contributed by atoms with Crippen LogP contribution in [0.5, 0.6) is 5.75 Å². The summed E-state index contributed by atoms with van der Waals surface area (Å²) >= 11 is 0. The third-order valence-electron chi connectivity index (χ3n) is 3.71. The van der Waals surface area contributed by atoms with Crippen molar-refractivity contribution in [1.29, 1.82) is 5.26 Å². The fraction of sp³-hybridized carbons (Fsp3) is 0.438. The molecule has 2 aliphatic rings. The molecule has 2 aliphatic carbocycles. The first kappa shape index (κ1) is 12.9. The molecule has 0 atom stereocenters. The van der Waals surface area contributed by atoms with Crippen molar-refractivity contribution in [1.82, 2.24) is 0 Å². The summed E-state index contributed by atoms with van der Waals surface area (Å²) in [5.74, 6) is 0.316. The second-order valence-corrected chi connectivity index (χ2v) is 5.49. The van der Waals surface area contributed by atoms with Crippen molar-refractivity contribution in [3.63, 3.8) is 0 Å². The average molecular weight is 269 g/mol. The van der Waals surface area contributed by atoms with E-state index in [-0.39, 0.29) is 23.4 Å². The maximum absolute atomic E-state index is 12.2. The molecule has 102 valence electrons. The highest BCUT2D eigenvalue weighted by atomic mass is 16.5. The number of hydrogen-bond donors (Lipinski definition) is 0. The zero-order chi connectivity index (χ0) is 14.1. The van der Waals surface area contributed by atoms with Gasteiger partial charge in [0.2, 0.25) is 6.10 Å². The summed E-state index contributed by atoms with van der Waals surface area (Å²) in [7, 11) is 0. The predicted molar refractivity (Wildman–Crippen MR) is 71.0 cm³/mol. The Kier molecular flexibility index (Phi) is 3.27. The van der Waals surface area contributed by atoms with E-state index in [1.807, 2.05) is 6.07 Å². The Morgan fingerprint density at radius 1 is 1.05 bits per heavy atom. The topological polar surface area (TPSA) is 67.2 Å². The fourth-order valence-corrected chi connectivity index (χ4v) is 2.16. The van der Waals surface area contributed by atoms with Crippen LogP contribution >= 0.6 is 0 Å². The van der Waals surface area contributed by atoms with Gasteiger partial charge in [0.05, 0.1) is 11.6 Å². The molecule has 4 nitrogen and oxygen atoms in total. The molecule has 20 heavy (non-hydrogen) atoms. The van der Waals surface area contributed by atoms with Crippen molar-refractivity contribution in [2.24, 2.45) is 11.8 Å². The largest absolute Gasteiger partial charge is 0.475 e. The molecule has 0 amide bonds. The van der Waals surface area contributed by atoms with Gasteiger partial charge in [0.15, 0.2) is 11.6 Å². The number of Topliss-reactive ketones (excluding diaryl/α,β-unsaturated/α-hetero) is 2. The monoisotopic (exact) mass is 269 g/mol. The maximum Gasteiger partial charge on any atom is 0.215 e. The minimum absolute atomic E-state index is 0.00100. The van der Waals surface area contributed by atoms with Crippen molar-refractivity contribution >= 4 is 11.6 Å². The first-order valence-corrected chi connectivity index (χ1v) is 6.93. The zero-order valence-electron chi connectivity index (χ0n) is 11.0. The summed E-state index contributed by atoms with van der Waals surface area (Å²) in [6.45, 7) is 0. The summed E-state index contributed by atoms with van der Waals surface area (Å²) in [6, 6.07) is 8.52. The lowest BCUT2D eigenvalue weighted by atomic mass is 10.0. The molecule has 0 radical (unpaired) electrons. The minimum atomic E-state index is -0.956. The van der Waals surface area contributed by atoms with Gasteiger partial charge < -0.3 is 4.74 Å². The molecule has 4 heteroatoms. The standard InChI is InChI=1S/C16H15NO3/c17-9-10-1-7-13(8-2-10)20-16(14(18)11-3-4-11)15(19)12-5-6-12/h1-2,7-8,11-12,16H,3-6H2. The van der Waals surface area contributed by atoms with E-state index in [0.717, 1.165) is 25.7 Å². The fourth-order valence-electron chi connectivity index (χ4n) is 2.16. The number of nitrogens with zero attached hydrogens (tertiary/aromatic N) is 1. The lowest BCUT2D eigenvalue weighted by molar-refractivity contribution is -0.138. The van der Waals surface area contributed by atoms with Crippen molar-refractivity contribution in [3.8, 4) is 11.8 Å². The van der Waals surface area contributed by atoms with Crippen molar-refractivity contribution in [3.05, 3.63) is 29.8 Å². The quantitative estimate of drug-likeness (QED) is 0.743. The number of nitriles is 1. The van der Waals surface area contributed by atoms with Gasteiger partial charge in [-0.25, -0.2) is 0 Å². The van der Waals surface area contributed by atoms with E-state index in [9.17, 15) is 9.59 Å². The molecule has 0 saturated heterocycles. The van der Waals surface area contributed by atoms with Crippen LogP contribution in [0, 0.1) is 23.2 Å². The van der Waals surface area contributed by atoms with Gasteiger partial charge in [-0.3, -0.25) is 9.59 Å². The Bertz CT molecular complexity index is 553. The number of ether oxygens (including phenoxy) is 1. The smallest absolute Gasteiger partial charge is 0.215 e. The van der Waals surface area contributed by atoms with Crippen LogP contribution in [-0.4, -0.2) is 17.7 Å². The van der Waals surface area contributed by atoms with Crippen LogP contribution in [-0.2, 0) is 9.59 Å². The lowest BCUT2D eigenvalue weighted by Crippen LogP contribution is -2.38. The molecule has 2 saturated carbocycles. The molecule has 2 fully saturated rings. The SMILES string of the molecule is N#Cc1ccc(OC(C(=O)C2CC2)C(=O)C2CC2)cc1. The van der Waals surface area contributed by atoms with Gasteiger partial charge in [-0.2, -0.15) is 5.26 Å². The van der Waals surface area contributed by atoms with Crippen LogP contribution in [0.15, 0.2) is 24.3 Å². The number of carbonyl (C=O) groups is 2. The van der Waals surface area contributed by atoms with Crippen LogP contribution in [0.1, 0.15) is 31.2 Å². The molecule has 1 aromatic rings. The number of ketones is 2. The van der Waals surface area contributed by atoms with E-state index in [1.165, 1.54) is 0 Å². The molecule has 1 aromatic carbocycles. The van der Waals surface area contributed by atoms with Crippen molar-refractivity contribution in [2.45, 2.75) is 31.8 Å². The van der Waals surface area contributed by atoms with E-state index in [0.29, 0.717) is 11.3 Å². The molecule has 0 heterocycles. The van der Waals surface area contributed by atoms with Gasteiger partial charge in [-0.1, -0.05) is 0 Å². The third-order valence-corrected chi connectivity index (χ3v) is 3.71. The van der Waals surface area contributed by atoms with Gasteiger partial charge in [-0.05, 0) is 49.9 Å². The molecule has 0 spiro atoms. The highest BCUT2D eigenvalue weighted by molar-refractivity contribution is 6.08. The molecule has 0 N–H and O–H groups in total. The van der Waals surface area contributed by atoms with Crippen molar-refractivity contribution in [2.75, 3.05) is 0 Å². The Balaban J connectivity index is 1.75. The van der Waals surface area contributed by atoms with Gasteiger partial charge in [-0.15, -0.1) is 0 Å². The summed E-state index contributed by atoms with van der Waals surface area (Å²) < 4.78 is 5.63. The van der Waals surface area contributed by atoms with Crippen molar-refractivity contribution < 1.29 is 14.3 Å². The van der Waals surface area contributed by atoms with Crippen LogP contribution < -0.4 is 4.74 Å². The second kappa shape index (κ2) is 5.09. The number of carbonyl (C=O) groups excluding carboxylic acids is 2. The maximum atomic E-state index is 12.2. The first-order valence-electron chi connectivity index (χ1n) is 6.93. The Labute approximate surface area is 117 Å². The Morgan fingerprint density at radius 2 is 1.55 bits per heavy atom. The lowest BCUT2D eigenvalue weighted by Gasteiger charge is -2.16. The Morgan fingerprint density at radius 3 is 1.95 bits per heavy atom. The van der Waals surface area contributed by atoms with Gasteiger partial charge in [0.1, 0.15) is 5.75 Å². The van der Waals surface area contributed by atoms with E-state index >= 15 is 0 Å². The Hall–Kier alpha value is -2.15. The molecular weight excluding hydrogens is 254 g/mol. The van der Waals surface area contributed by atoms with Crippen LogP contribution in [0.4, 0.5) is 0 Å². The molecule has 3 rings (SSSR count). The summed E-state index contributed by atoms with van der Waals surface area (Å²) in [5.41, 5.74) is 0.524. The number of hydrogen-bond acceptors (Lipinski definition) is 4. The molecule has 0 bridgehead atoms. The highest BCUT2D eigenvalue weighted by Gasteiger charge is 2.44. The van der Waals surface area contributed by atoms with Crippen LogP contribution in [0.25, 0.3) is 0 Å². The summed E-state index contributed by atoms with van der Waals surface area (Å²) in [6.07, 6.45) is 2.50. The normalized spacial score (nSPS) is 17.6. The van der Waals surface area contributed by atoms with E-state index in [4.69, 9.17) is 10.00 Å². The number of benzene rings is 1. The molecular formula is C16H15NO3.